The van der Waals surface area contributed by atoms with Gasteiger partial charge in [0.15, 0.2) is 0 Å². The van der Waals surface area contributed by atoms with Gasteiger partial charge in [-0.2, -0.15) is 0 Å². The largest absolute Gasteiger partial charge is 0.507 e. The van der Waals surface area contributed by atoms with E-state index in [0.29, 0.717) is 18.9 Å². The first kappa shape index (κ1) is 24.7. The summed E-state index contributed by atoms with van der Waals surface area (Å²) in [6, 6.07) is 10.9. The van der Waals surface area contributed by atoms with Crippen LogP contribution in [0.1, 0.15) is 76.8 Å². The highest BCUT2D eigenvalue weighted by molar-refractivity contribution is 5.78. The molecule has 0 saturated heterocycles. The molecule has 0 fully saturated rings. The van der Waals surface area contributed by atoms with Crippen LogP contribution in [0, 0.1) is 0 Å². The molecule has 2 aromatic rings. The molecule has 0 aromatic heterocycles. The number of phenolic OH excluding ortho intramolecular Hbond substituents is 1. The number of carbonyl (C=O) groups excluding carboxylic acids is 1. The van der Waals surface area contributed by atoms with Gasteiger partial charge in [-0.05, 0) is 64.3 Å². The van der Waals surface area contributed by atoms with Gasteiger partial charge in [-0.1, -0.05) is 53.7 Å². The SMILES string of the molecule is CCOC(=O)C(NCc1ccc(OC)cc1)c1cc(C(C)(C)C)c(O)c(C(C)(C)C)c1. The molecule has 31 heavy (non-hydrogen) atoms. The maximum absolute atomic E-state index is 12.9. The van der Waals surface area contributed by atoms with Crippen molar-refractivity contribution >= 4 is 5.97 Å². The number of phenols is 1. The number of esters is 1. The van der Waals surface area contributed by atoms with Crippen LogP contribution >= 0.6 is 0 Å². The van der Waals surface area contributed by atoms with E-state index in [-0.39, 0.29) is 16.8 Å². The van der Waals surface area contributed by atoms with E-state index < -0.39 is 6.04 Å². The first-order valence-electron chi connectivity index (χ1n) is 10.8. The molecule has 0 heterocycles. The normalized spacial score (nSPS) is 13.0. The minimum absolute atomic E-state index is 0.282. The number of carbonyl (C=O) groups is 1. The van der Waals surface area contributed by atoms with Crippen LogP contribution in [0.4, 0.5) is 0 Å². The van der Waals surface area contributed by atoms with Gasteiger partial charge in [0.2, 0.25) is 0 Å². The molecule has 0 saturated carbocycles. The molecule has 0 bridgehead atoms. The summed E-state index contributed by atoms with van der Waals surface area (Å²) in [6.45, 7) is 14.9. The summed E-state index contributed by atoms with van der Waals surface area (Å²) < 4.78 is 10.6. The van der Waals surface area contributed by atoms with Crippen LogP contribution in [-0.2, 0) is 26.9 Å². The predicted molar refractivity (Wildman–Crippen MR) is 125 cm³/mol. The van der Waals surface area contributed by atoms with Crippen LogP contribution in [0.3, 0.4) is 0 Å². The Morgan fingerprint density at radius 2 is 1.52 bits per heavy atom. The van der Waals surface area contributed by atoms with Crippen molar-refractivity contribution in [2.75, 3.05) is 13.7 Å². The van der Waals surface area contributed by atoms with Crippen molar-refractivity contribution in [1.29, 1.82) is 0 Å². The average Bonchev–Trinajstić information content (AvgIpc) is 2.68. The number of ether oxygens (including phenoxy) is 2. The van der Waals surface area contributed by atoms with E-state index in [1.807, 2.05) is 36.4 Å². The second-order valence-corrected chi connectivity index (χ2v) is 9.88. The lowest BCUT2D eigenvalue weighted by Crippen LogP contribution is -2.31. The van der Waals surface area contributed by atoms with E-state index in [4.69, 9.17) is 9.47 Å². The zero-order chi connectivity index (χ0) is 23.4. The molecule has 0 aliphatic heterocycles. The Bertz CT molecular complexity index is 854. The third-order valence-corrected chi connectivity index (χ3v) is 5.27. The molecule has 2 aromatic carbocycles. The third kappa shape index (κ3) is 6.23. The van der Waals surface area contributed by atoms with Crippen LogP contribution in [0.2, 0.25) is 0 Å². The number of hydrogen-bond donors (Lipinski definition) is 2. The van der Waals surface area contributed by atoms with Crippen LogP contribution in [0.15, 0.2) is 36.4 Å². The van der Waals surface area contributed by atoms with Crippen molar-refractivity contribution in [1.82, 2.24) is 5.32 Å². The molecular weight excluding hydrogens is 390 g/mol. The molecule has 2 rings (SSSR count). The number of methoxy groups -OCH3 is 1. The lowest BCUT2D eigenvalue weighted by molar-refractivity contribution is -0.145. The van der Waals surface area contributed by atoms with Gasteiger partial charge in [0.05, 0.1) is 13.7 Å². The van der Waals surface area contributed by atoms with Crippen LogP contribution in [-0.4, -0.2) is 24.8 Å². The Morgan fingerprint density at radius 3 is 1.94 bits per heavy atom. The fraction of sp³-hybridized carbons (Fsp3) is 0.500. The molecule has 0 radical (unpaired) electrons. The molecule has 5 heteroatoms. The van der Waals surface area contributed by atoms with E-state index in [1.165, 1.54) is 0 Å². The molecule has 0 aliphatic rings. The highest BCUT2D eigenvalue weighted by atomic mass is 16.5. The maximum Gasteiger partial charge on any atom is 0.327 e. The van der Waals surface area contributed by atoms with Crippen molar-refractivity contribution < 1.29 is 19.4 Å². The van der Waals surface area contributed by atoms with Crippen LogP contribution in [0.25, 0.3) is 0 Å². The summed E-state index contributed by atoms with van der Waals surface area (Å²) in [4.78, 5) is 12.9. The van der Waals surface area contributed by atoms with Crippen LogP contribution < -0.4 is 10.1 Å². The van der Waals surface area contributed by atoms with Crippen molar-refractivity contribution in [3.05, 3.63) is 58.7 Å². The summed E-state index contributed by atoms with van der Waals surface area (Å²) in [5.41, 5.74) is 2.89. The summed E-state index contributed by atoms with van der Waals surface area (Å²) >= 11 is 0. The molecule has 0 spiro atoms. The first-order chi connectivity index (χ1) is 14.4. The van der Waals surface area contributed by atoms with Gasteiger partial charge in [-0.3, -0.25) is 5.32 Å². The van der Waals surface area contributed by atoms with Crippen molar-refractivity contribution in [2.24, 2.45) is 0 Å². The zero-order valence-corrected chi connectivity index (χ0v) is 20.1. The van der Waals surface area contributed by atoms with Gasteiger partial charge in [-0.15, -0.1) is 0 Å². The van der Waals surface area contributed by atoms with Crippen molar-refractivity contribution in [3.8, 4) is 11.5 Å². The number of hydrogen-bond acceptors (Lipinski definition) is 5. The Morgan fingerprint density at radius 1 is 1.00 bits per heavy atom. The Balaban J connectivity index is 2.50. The Labute approximate surface area is 186 Å². The fourth-order valence-corrected chi connectivity index (χ4v) is 3.49. The summed E-state index contributed by atoms with van der Waals surface area (Å²) in [7, 11) is 1.63. The van der Waals surface area contributed by atoms with E-state index in [0.717, 1.165) is 28.0 Å². The quantitative estimate of drug-likeness (QED) is 0.580. The van der Waals surface area contributed by atoms with E-state index >= 15 is 0 Å². The minimum atomic E-state index is -0.648. The molecule has 1 unspecified atom stereocenters. The van der Waals surface area contributed by atoms with Gasteiger partial charge in [-0.25, -0.2) is 4.79 Å². The maximum atomic E-state index is 12.9. The second-order valence-electron chi connectivity index (χ2n) is 9.88. The minimum Gasteiger partial charge on any atom is -0.507 e. The molecule has 5 nitrogen and oxygen atoms in total. The molecule has 1 atom stereocenters. The summed E-state index contributed by atoms with van der Waals surface area (Å²) in [5, 5.41) is 14.4. The van der Waals surface area contributed by atoms with Gasteiger partial charge >= 0.3 is 5.97 Å². The van der Waals surface area contributed by atoms with Gasteiger partial charge < -0.3 is 14.6 Å². The van der Waals surface area contributed by atoms with Crippen LogP contribution in [0.5, 0.6) is 11.5 Å². The average molecular weight is 428 g/mol. The highest BCUT2D eigenvalue weighted by Crippen LogP contribution is 2.41. The van der Waals surface area contributed by atoms with Crippen molar-refractivity contribution in [2.45, 2.75) is 71.9 Å². The summed E-state index contributed by atoms with van der Waals surface area (Å²) in [5.74, 6) is 0.747. The van der Waals surface area contributed by atoms with E-state index in [9.17, 15) is 9.90 Å². The summed E-state index contributed by atoms with van der Waals surface area (Å²) in [6.07, 6.45) is 0. The van der Waals surface area contributed by atoms with Gasteiger partial charge in [0.25, 0.3) is 0 Å². The third-order valence-electron chi connectivity index (χ3n) is 5.27. The monoisotopic (exact) mass is 427 g/mol. The topological polar surface area (TPSA) is 67.8 Å². The number of nitrogens with one attached hydrogen (secondary N) is 1. The fourth-order valence-electron chi connectivity index (χ4n) is 3.49. The van der Waals surface area contributed by atoms with Gasteiger partial charge in [0, 0.05) is 6.54 Å². The number of rotatable bonds is 7. The van der Waals surface area contributed by atoms with E-state index in [1.54, 1.807) is 14.0 Å². The van der Waals surface area contributed by atoms with Gasteiger partial charge in [0.1, 0.15) is 17.5 Å². The predicted octanol–water partition coefficient (Wildman–Crippen LogP) is 5.39. The second kappa shape index (κ2) is 9.73. The highest BCUT2D eigenvalue weighted by Gasteiger charge is 2.30. The number of aromatic hydroxyl groups is 1. The Kier molecular flexibility index (Phi) is 7.77. The lowest BCUT2D eigenvalue weighted by Gasteiger charge is -2.29. The number of benzene rings is 2. The molecule has 170 valence electrons. The molecule has 0 aliphatic carbocycles. The molecule has 2 N–H and O–H groups in total. The molecule has 0 amide bonds. The Hall–Kier alpha value is -2.53. The standard InChI is InChI=1S/C26H37NO4/c1-9-31-24(29)22(27-16-17-10-12-19(30-8)13-11-17)18-14-20(25(2,3)4)23(28)21(15-18)26(5,6)7/h10-15,22,27-28H,9,16H2,1-8H3. The van der Waals surface area contributed by atoms with E-state index in [2.05, 4.69) is 46.9 Å². The molecular formula is C26H37NO4. The first-order valence-corrected chi connectivity index (χ1v) is 10.8. The zero-order valence-electron chi connectivity index (χ0n) is 20.1. The smallest absolute Gasteiger partial charge is 0.327 e. The lowest BCUT2D eigenvalue weighted by atomic mass is 9.77. The van der Waals surface area contributed by atoms with Crippen molar-refractivity contribution in [3.63, 3.8) is 0 Å².